The summed E-state index contributed by atoms with van der Waals surface area (Å²) in [5.41, 5.74) is 1.30. The fourth-order valence-electron chi connectivity index (χ4n) is 1.82. The Morgan fingerprint density at radius 1 is 1.18 bits per heavy atom. The monoisotopic (exact) mass is 253 g/mol. The Labute approximate surface area is 110 Å². The summed E-state index contributed by atoms with van der Waals surface area (Å²) in [4.78, 5) is 0. The minimum absolute atomic E-state index is 0.213. The highest BCUT2D eigenvalue weighted by Gasteiger charge is 2.13. The molecule has 3 heteroatoms. The van der Waals surface area contributed by atoms with Crippen LogP contribution in [0.15, 0.2) is 30.3 Å². The maximum absolute atomic E-state index is 9.78. The second-order valence-electron chi connectivity index (χ2n) is 4.90. The van der Waals surface area contributed by atoms with Gasteiger partial charge in [-0.15, -0.1) is 0 Å². The number of hydrogen-bond donors (Lipinski definition) is 3. The Balaban J connectivity index is 2.39. The first kappa shape index (κ1) is 14.6. The average molecular weight is 253 g/mol. The Hall–Kier alpha value is -0.510. The Kier molecular flexibility index (Phi) is 6.63. The van der Waals surface area contributed by atoms with Crippen molar-refractivity contribution in [2.75, 3.05) is 0 Å². The normalized spacial score (nSPS) is 14.9. The highest BCUT2D eigenvalue weighted by atomic mass is 32.1. The molecule has 0 radical (unpaired) electrons. The van der Waals surface area contributed by atoms with E-state index in [2.05, 4.69) is 29.7 Å². The van der Waals surface area contributed by atoms with E-state index in [1.165, 1.54) is 5.56 Å². The lowest BCUT2D eigenvalue weighted by atomic mass is 9.97. The predicted octanol–water partition coefficient (Wildman–Crippen LogP) is 2.83. The zero-order chi connectivity index (χ0) is 12.7. The molecule has 0 aliphatic carbocycles. The van der Waals surface area contributed by atoms with Gasteiger partial charge in [0.15, 0.2) is 0 Å². The number of hydrogen-bond acceptors (Lipinski definition) is 3. The Morgan fingerprint density at radius 2 is 1.82 bits per heavy atom. The second kappa shape index (κ2) is 7.75. The van der Waals surface area contributed by atoms with Gasteiger partial charge in [0.1, 0.15) is 0 Å². The average Bonchev–Trinajstić information content (AvgIpc) is 2.35. The van der Waals surface area contributed by atoms with E-state index in [-0.39, 0.29) is 6.10 Å². The molecule has 0 aromatic heterocycles. The van der Waals surface area contributed by atoms with Crippen LogP contribution in [-0.4, -0.2) is 17.3 Å². The molecule has 2 unspecified atom stereocenters. The van der Waals surface area contributed by atoms with Gasteiger partial charge in [-0.1, -0.05) is 57.0 Å². The summed E-state index contributed by atoms with van der Waals surface area (Å²) in [5, 5.41) is 9.78. The standard InChI is InChI=1S/C14H23NOS/c1-11(2)14(16)9-8-13(15-17)10-12-6-4-3-5-7-12/h3-7,11,13-17H,8-10H2,1-2H3. The Bertz CT molecular complexity index is 302. The quantitative estimate of drug-likeness (QED) is 0.653. The van der Waals surface area contributed by atoms with Crippen LogP contribution in [0.25, 0.3) is 0 Å². The number of benzene rings is 1. The highest BCUT2D eigenvalue weighted by Crippen LogP contribution is 2.13. The maximum Gasteiger partial charge on any atom is 0.0563 e. The zero-order valence-electron chi connectivity index (χ0n) is 10.6. The van der Waals surface area contributed by atoms with Gasteiger partial charge in [-0.3, -0.25) is 4.72 Å². The molecule has 1 rings (SSSR count). The zero-order valence-corrected chi connectivity index (χ0v) is 11.5. The summed E-state index contributed by atoms with van der Waals surface area (Å²) < 4.78 is 3.03. The van der Waals surface area contributed by atoms with Crippen molar-refractivity contribution in [1.82, 2.24) is 4.72 Å². The summed E-state index contributed by atoms with van der Waals surface area (Å²) in [6, 6.07) is 10.7. The molecule has 0 saturated carbocycles. The van der Waals surface area contributed by atoms with E-state index in [0.717, 1.165) is 19.3 Å². The lowest BCUT2D eigenvalue weighted by Gasteiger charge is -2.19. The molecule has 0 aliphatic heterocycles. The van der Waals surface area contributed by atoms with E-state index in [0.29, 0.717) is 12.0 Å². The van der Waals surface area contributed by atoms with Gasteiger partial charge in [0.05, 0.1) is 6.10 Å². The van der Waals surface area contributed by atoms with Crippen LogP contribution < -0.4 is 4.72 Å². The van der Waals surface area contributed by atoms with Crippen LogP contribution in [0.4, 0.5) is 0 Å². The molecule has 2 atom stereocenters. The fourth-order valence-corrected chi connectivity index (χ4v) is 2.04. The van der Waals surface area contributed by atoms with E-state index in [9.17, 15) is 5.11 Å². The maximum atomic E-state index is 9.78. The molecule has 0 aliphatic rings. The first-order valence-corrected chi connectivity index (χ1v) is 6.69. The molecule has 0 spiro atoms. The SMILES string of the molecule is CC(C)C(O)CCC(Cc1ccccc1)NS. The van der Waals surface area contributed by atoms with E-state index in [1.807, 2.05) is 32.0 Å². The summed E-state index contributed by atoms with van der Waals surface area (Å²) in [6.07, 6.45) is 2.50. The minimum atomic E-state index is -0.213. The largest absolute Gasteiger partial charge is 0.393 e. The van der Waals surface area contributed by atoms with Crippen LogP contribution in [0.2, 0.25) is 0 Å². The van der Waals surface area contributed by atoms with E-state index < -0.39 is 0 Å². The van der Waals surface area contributed by atoms with Crippen LogP contribution in [0.5, 0.6) is 0 Å². The Morgan fingerprint density at radius 3 is 2.35 bits per heavy atom. The summed E-state index contributed by atoms with van der Waals surface area (Å²) in [7, 11) is 0. The van der Waals surface area contributed by atoms with Crippen LogP contribution in [-0.2, 0) is 6.42 Å². The molecule has 1 aromatic carbocycles. The predicted molar refractivity (Wildman–Crippen MR) is 76.1 cm³/mol. The molecule has 0 heterocycles. The lowest BCUT2D eigenvalue weighted by Crippen LogP contribution is -2.26. The van der Waals surface area contributed by atoms with Gasteiger partial charge in [-0.2, -0.15) is 0 Å². The fraction of sp³-hybridized carbons (Fsp3) is 0.571. The molecule has 96 valence electrons. The van der Waals surface area contributed by atoms with Gasteiger partial charge in [-0.25, -0.2) is 0 Å². The van der Waals surface area contributed by atoms with Crippen LogP contribution in [0, 0.1) is 5.92 Å². The molecule has 2 N–H and O–H groups in total. The molecule has 0 bridgehead atoms. The lowest BCUT2D eigenvalue weighted by molar-refractivity contribution is 0.111. The van der Waals surface area contributed by atoms with Gasteiger partial charge < -0.3 is 5.11 Å². The minimum Gasteiger partial charge on any atom is -0.393 e. The van der Waals surface area contributed by atoms with Gasteiger partial charge >= 0.3 is 0 Å². The van der Waals surface area contributed by atoms with Crippen molar-refractivity contribution in [2.24, 2.45) is 5.92 Å². The smallest absolute Gasteiger partial charge is 0.0563 e. The van der Waals surface area contributed by atoms with Gasteiger partial charge in [0.25, 0.3) is 0 Å². The van der Waals surface area contributed by atoms with Gasteiger partial charge in [-0.05, 0) is 30.7 Å². The number of nitrogens with one attached hydrogen (secondary N) is 1. The van der Waals surface area contributed by atoms with Crippen LogP contribution in [0.3, 0.4) is 0 Å². The molecule has 0 saturated heterocycles. The third-order valence-corrected chi connectivity index (χ3v) is 3.45. The molecule has 17 heavy (non-hydrogen) atoms. The van der Waals surface area contributed by atoms with Crippen LogP contribution >= 0.6 is 12.8 Å². The number of aliphatic hydroxyl groups is 1. The van der Waals surface area contributed by atoms with Crippen molar-refractivity contribution in [3.63, 3.8) is 0 Å². The van der Waals surface area contributed by atoms with E-state index in [1.54, 1.807) is 0 Å². The topological polar surface area (TPSA) is 32.3 Å². The molecular weight excluding hydrogens is 230 g/mol. The third-order valence-electron chi connectivity index (χ3n) is 3.09. The third kappa shape index (κ3) is 5.57. The van der Waals surface area contributed by atoms with E-state index in [4.69, 9.17) is 0 Å². The molecular formula is C14H23NOS. The van der Waals surface area contributed by atoms with Crippen molar-refractivity contribution in [3.05, 3.63) is 35.9 Å². The molecule has 2 nitrogen and oxygen atoms in total. The molecule has 0 amide bonds. The van der Waals surface area contributed by atoms with Crippen molar-refractivity contribution >= 4 is 12.8 Å². The highest BCUT2D eigenvalue weighted by molar-refractivity contribution is 7.78. The summed E-state index contributed by atoms with van der Waals surface area (Å²) in [5.74, 6) is 0.326. The first-order chi connectivity index (χ1) is 8.13. The molecule has 0 fully saturated rings. The second-order valence-corrected chi connectivity index (χ2v) is 5.16. The van der Waals surface area contributed by atoms with Gasteiger partial charge in [0.2, 0.25) is 0 Å². The number of thiol groups is 1. The van der Waals surface area contributed by atoms with E-state index >= 15 is 0 Å². The summed E-state index contributed by atoms with van der Waals surface area (Å²) >= 11 is 4.17. The molecule has 1 aromatic rings. The van der Waals surface area contributed by atoms with Crippen molar-refractivity contribution < 1.29 is 5.11 Å². The summed E-state index contributed by atoms with van der Waals surface area (Å²) in [6.45, 7) is 4.09. The van der Waals surface area contributed by atoms with Crippen LogP contribution in [0.1, 0.15) is 32.3 Å². The van der Waals surface area contributed by atoms with Crippen molar-refractivity contribution in [2.45, 2.75) is 45.3 Å². The first-order valence-electron chi connectivity index (χ1n) is 6.25. The van der Waals surface area contributed by atoms with Crippen molar-refractivity contribution in [3.8, 4) is 0 Å². The van der Waals surface area contributed by atoms with Gasteiger partial charge in [0, 0.05) is 6.04 Å². The number of aliphatic hydroxyl groups excluding tert-OH is 1. The number of rotatable bonds is 7. The van der Waals surface area contributed by atoms with Crippen molar-refractivity contribution in [1.29, 1.82) is 0 Å².